The Morgan fingerprint density at radius 1 is 1.00 bits per heavy atom. The van der Waals surface area contributed by atoms with Crippen molar-refractivity contribution in [2.45, 2.75) is 13.8 Å². The van der Waals surface area contributed by atoms with Crippen LogP contribution in [0.5, 0.6) is 0 Å². The summed E-state index contributed by atoms with van der Waals surface area (Å²) in [6, 6.07) is 2.40. The third-order valence-electron chi connectivity index (χ3n) is 3.80. The fourth-order valence-corrected chi connectivity index (χ4v) is 2.46. The van der Waals surface area contributed by atoms with Crippen molar-refractivity contribution in [3.05, 3.63) is 50.7 Å². The van der Waals surface area contributed by atoms with Crippen LogP contribution in [-0.4, -0.2) is 55.2 Å². The van der Waals surface area contributed by atoms with Gasteiger partial charge < -0.3 is 24.8 Å². The Morgan fingerprint density at radius 3 is 2.13 bits per heavy atom. The Balaban J connectivity index is 2.25. The standard InChI is InChI=1S/C18H19N3O9/c1-3-28-15(22)10-5-11(7-12(6-10)21(26)27)16(23)30-9-14-13(17(24)29-4-2)8-19-18(25)20-14/h5-7H,3-4,8-9H2,1-2H3,(H2,19,20,25). The molecule has 1 aliphatic rings. The van der Waals surface area contributed by atoms with Gasteiger partial charge in [0.1, 0.15) is 6.61 Å². The van der Waals surface area contributed by atoms with Crippen LogP contribution in [0.25, 0.3) is 0 Å². The van der Waals surface area contributed by atoms with Gasteiger partial charge in [-0.15, -0.1) is 0 Å². The fraction of sp³-hybridized carbons (Fsp3) is 0.333. The third kappa shape index (κ3) is 5.53. The molecule has 0 bridgehead atoms. The number of carbonyl (C=O) groups excluding carboxylic acids is 4. The maximum absolute atomic E-state index is 12.4. The number of esters is 3. The van der Waals surface area contributed by atoms with E-state index in [1.165, 1.54) is 0 Å². The third-order valence-corrected chi connectivity index (χ3v) is 3.80. The van der Waals surface area contributed by atoms with Crippen molar-refractivity contribution in [2.24, 2.45) is 0 Å². The molecule has 12 nitrogen and oxygen atoms in total. The molecule has 1 aromatic rings. The van der Waals surface area contributed by atoms with Crippen LogP contribution in [-0.2, 0) is 19.0 Å². The molecule has 2 amide bonds. The maximum Gasteiger partial charge on any atom is 0.338 e. The van der Waals surface area contributed by atoms with Crippen molar-refractivity contribution in [1.29, 1.82) is 0 Å². The van der Waals surface area contributed by atoms with Gasteiger partial charge >= 0.3 is 23.9 Å². The van der Waals surface area contributed by atoms with Crippen LogP contribution in [0.2, 0.25) is 0 Å². The van der Waals surface area contributed by atoms with E-state index in [9.17, 15) is 29.3 Å². The van der Waals surface area contributed by atoms with E-state index in [0.717, 1.165) is 18.2 Å². The molecule has 0 aromatic heterocycles. The molecule has 2 rings (SSSR count). The number of urea groups is 1. The van der Waals surface area contributed by atoms with Gasteiger partial charge in [0.2, 0.25) is 0 Å². The summed E-state index contributed by atoms with van der Waals surface area (Å²) in [5, 5.41) is 15.9. The minimum Gasteiger partial charge on any atom is -0.463 e. The first-order valence-electron chi connectivity index (χ1n) is 8.84. The van der Waals surface area contributed by atoms with E-state index in [1.54, 1.807) is 13.8 Å². The minimum atomic E-state index is -1.01. The lowest BCUT2D eigenvalue weighted by molar-refractivity contribution is -0.384. The van der Waals surface area contributed by atoms with E-state index < -0.39 is 41.2 Å². The molecule has 0 spiro atoms. The van der Waals surface area contributed by atoms with Gasteiger partial charge in [0.15, 0.2) is 0 Å². The van der Waals surface area contributed by atoms with E-state index in [4.69, 9.17) is 14.2 Å². The van der Waals surface area contributed by atoms with Gasteiger partial charge in [-0.3, -0.25) is 10.1 Å². The quantitative estimate of drug-likeness (QED) is 0.270. The lowest BCUT2D eigenvalue weighted by Gasteiger charge is -2.21. The number of non-ortho nitro benzene ring substituents is 1. The van der Waals surface area contributed by atoms with Gasteiger partial charge in [-0.05, 0) is 19.9 Å². The summed E-state index contributed by atoms with van der Waals surface area (Å²) < 4.78 is 14.8. The summed E-state index contributed by atoms with van der Waals surface area (Å²) in [5.41, 5.74) is -0.892. The van der Waals surface area contributed by atoms with Crippen molar-refractivity contribution < 1.29 is 38.3 Å². The van der Waals surface area contributed by atoms with Crippen LogP contribution in [0, 0.1) is 10.1 Å². The van der Waals surface area contributed by atoms with Gasteiger partial charge in [0, 0.05) is 12.1 Å². The Hall–Kier alpha value is -3.96. The van der Waals surface area contributed by atoms with Crippen molar-refractivity contribution >= 4 is 29.6 Å². The van der Waals surface area contributed by atoms with E-state index in [-0.39, 0.29) is 42.2 Å². The Morgan fingerprint density at radius 2 is 1.57 bits per heavy atom. The molecule has 1 aliphatic heterocycles. The first-order valence-corrected chi connectivity index (χ1v) is 8.84. The summed E-state index contributed by atoms with van der Waals surface area (Å²) in [4.78, 5) is 58.2. The molecule has 0 saturated heterocycles. The Labute approximate surface area is 170 Å². The second-order valence-electron chi connectivity index (χ2n) is 5.81. The minimum absolute atomic E-state index is 0.0154. The number of nitro groups is 1. The van der Waals surface area contributed by atoms with Crippen molar-refractivity contribution in [1.82, 2.24) is 10.6 Å². The highest BCUT2D eigenvalue weighted by molar-refractivity contribution is 5.97. The second-order valence-corrected chi connectivity index (χ2v) is 5.81. The van der Waals surface area contributed by atoms with Gasteiger partial charge in [-0.25, -0.2) is 19.2 Å². The van der Waals surface area contributed by atoms with Gasteiger partial charge in [-0.2, -0.15) is 0 Å². The van der Waals surface area contributed by atoms with Gasteiger partial charge in [0.05, 0.1) is 47.1 Å². The molecule has 2 N–H and O–H groups in total. The lowest BCUT2D eigenvalue weighted by atomic mass is 10.1. The van der Waals surface area contributed by atoms with Gasteiger partial charge in [0.25, 0.3) is 5.69 Å². The predicted molar refractivity (Wildman–Crippen MR) is 99.5 cm³/mol. The zero-order valence-electron chi connectivity index (χ0n) is 16.2. The van der Waals surface area contributed by atoms with Gasteiger partial charge in [-0.1, -0.05) is 0 Å². The molecule has 0 aliphatic carbocycles. The highest BCUT2D eigenvalue weighted by Gasteiger charge is 2.25. The van der Waals surface area contributed by atoms with E-state index in [1.807, 2.05) is 0 Å². The number of ether oxygens (including phenoxy) is 3. The average molecular weight is 421 g/mol. The fourth-order valence-electron chi connectivity index (χ4n) is 2.46. The highest BCUT2D eigenvalue weighted by atomic mass is 16.6. The van der Waals surface area contributed by atoms with Crippen LogP contribution in [0.3, 0.4) is 0 Å². The summed E-state index contributed by atoms with van der Waals surface area (Å²) in [5.74, 6) is -2.54. The van der Waals surface area contributed by atoms with Crippen molar-refractivity contribution in [3.63, 3.8) is 0 Å². The molecular formula is C18H19N3O9. The first kappa shape index (κ1) is 22.3. The number of hydrogen-bond donors (Lipinski definition) is 2. The van der Waals surface area contributed by atoms with Crippen molar-refractivity contribution in [2.75, 3.05) is 26.4 Å². The van der Waals surface area contributed by atoms with Crippen LogP contribution in [0.15, 0.2) is 29.5 Å². The molecular weight excluding hydrogens is 402 g/mol. The van der Waals surface area contributed by atoms with E-state index >= 15 is 0 Å². The topological polar surface area (TPSA) is 163 Å². The molecule has 0 fully saturated rings. The van der Waals surface area contributed by atoms with E-state index in [2.05, 4.69) is 10.6 Å². The second kappa shape index (κ2) is 10.0. The number of nitrogens with one attached hydrogen (secondary N) is 2. The van der Waals surface area contributed by atoms with Crippen LogP contribution in [0.1, 0.15) is 34.6 Å². The number of amides is 2. The summed E-state index contributed by atoms with van der Waals surface area (Å²) in [7, 11) is 0. The average Bonchev–Trinajstić information content (AvgIpc) is 2.71. The SMILES string of the molecule is CCOC(=O)C1=C(COC(=O)c2cc(C(=O)OCC)cc([N+](=O)[O-])c2)NC(=O)NC1. The molecule has 12 heteroatoms. The molecule has 0 radical (unpaired) electrons. The molecule has 0 unspecified atom stereocenters. The largest absolute Gasteiger partial charge is 0.463 e. The normalized spacial score (nSPS) is 13.1. The number of benzene rings is 1. The van der Waals surface area contributed by atoms with Crippen molar-refractivity contribution in [3.8, 4) is 0 Å². The smallest absolute Gasteiger partial charge is 0.338 e. The number of rotatable bonds is 8. The lowest BCUT2D eigenvalue weighted by Crippen LogP contribution is -2.45. The predicted octanol–water partition coefficient (Wildman–Crippen LogP) is 1.06. The summed E-state index contributed by atoms with van der Waals surface area (Å²) in [6.07, 6.45) is 0. The zero-order valence-corrected chi connectivity index (χ0v) is 16.2. The van der Waals surface area contributed by atoms with Crippen LogP contribution in [0.4, 0.5) is 10.5 Å². The number of carbonyl (C=O) groups is 4. The maximum atomic E-state index is 12.4. The molecule has 160 valence electrons. The number of nitrogens with zero attached hydrogens (tertiary/aromatic N) is 1. The molecule has 0 atom stereocenters. The molecule has 1 heterocycles. The number of nitro benzene ring substituents is 1. The first-order chi connectivity index (χ1) is 14.3. The Kier molecular flexibility index (Phi) is 7.44. The highest BCUT2D eigenvalue weighted by Crippen LogP contribution is 2.19. The van der Waals surface area contributed by atoms with Crippen LogP contribution >= 0.6 is 0 Å². The van der Waals surface area contributed by atoms with Crippen LogP contribution < -0.4 is 10.6 Å². The molecule has 0 saturated carbocycles. The monoisotopic (exact) mass is 421 g/mol. The molecule has 1 aromatic carbocycles. The number of hydrogen-bond acceptors (Lipinski definition) is 9. The van der Waals surface area contributed by atoms with E-state index in [0.29, 0.717) is 0 Å². The Bertz CT molecular complexity index is 923. The zero-order chi connectivity index (χ0) is 22.3. The summed E-state index contributed by atoms with van der Waals surface area (Å²) >= 11 is 0. The summed E-state index contributed by atoms with van der Waals surface area (Å²) in [6.45, 7) is 2.69. The molecule has 30 heavy (non-hydrogen) atoms.